The molecule has 0 atom stereocenters. The maximum absolute atomic E-state index is 10.9. The van der Waals surface area contributed by atoms with Crippen molar-refractivity contribution in [3.05, 3.63) is 24.0 Å². The third-order valence-electron chi connectivity index (χ3n) is 2.27. The van der Waals surface area contributed by atoms with Crippen LogP contribution >= 0.6 is 0 Å². The molecule has 0 radical (unpaired) electrons. The molecule has 0 fully saturated rings. The molecule has 5 heteroatoms. The Bertz CT molecular complexity index is 409. The highest BCUT2D eigenvalue weighted by molar-refractivity contribution is 7.90. The van der Waals surface area contributed by atoms with Crippen LogP contribution in [0.15, 0.2) is 18.5 Å². The molecular weight excluding hydrogens is 224 g/mol. The highest BCUT2D eigenvalue weighted by atomic mass is 32.2. The zero-order chi connectivity index (χ0) is 12.0. The van der Waals surface area contributed by atoms with Gasteiger partial charge in [-0.05, 0) is 18.1 Å². The van der Waals surface area contributed by atoms with Gasteiger partial charge in [-0.1, -0.05) is 6.92 Å². The van der Waals surface area contributed by atoms with E-state index in [-0.39, 0.29) is 5.75 Å². The Labute approximate surface area is 97.6 Å². The minimum Gasteiger partial charge on any atom is -0.354 e. The van der Waals surface area contributed by atoms with Gasteiger partial charge in [0.05, 0.1) is 5.75 Å². The molecule has 0 unspecified atom stereocenters. The molecule has 0 aromatic carbocycles. The van der Waals surface area contributed by atoms with Gasteiger partial charge in [0.2, 0.25) is 0 Å². The molecular formula is C11H20N2O2S. The smallest absolute Gasteiger partial charge is 0.148 e. The second-order valence-corrected chi connectivity index (χ2v) is 6.32. The Kier molecular flexibility index (Phi) is 5.02. The van der Waals surface area contributed by atoms with Crippen molar-refractivity contribution in [1.29, 1.82) is 0 Å². The Balaban J connectivity index is 2.26. The lowest BCUT2D eigenvalue weighted by Crippen LogP contribution is -2.21. The molecule has 0 saturated heterocycles. The van der Waals surface area contributed by atoms with Crippen LogP contribution in [0.1, 0.15) is 18.9 Å². The summed E-state index contributed by atoms with van der Waals surface area (Å²) in [6.07, 6.45) is 6.52. The van der Waals surface area contributed by atoms with Gasteiger partial charge in [-0.15, -0.1) is 0 Å². The minimum absolute atomic E-state index is 0.197. The Hall–Kier alpha value is -0.810. The molecule has 0 bridgehead atoms. The van der Waals surface area contributed by atoms with Crippen LogP contribution in [0.25, 0.3) is 0 Å². The molecule has 1 aromatic rings. The summed E-state index contributed by atoms with van der Waals surface area (Å²) in [6.45, 7) is 4.41. The fraction of sp³-hybridized carbons (Fsp3) is 0.636. The predicted molar refractivity (Wildman–Crippen MR) is 66.1 cm³/mol. The fourth-order valence-corrected chi connectivity index (χ4v) is 2.00. The number of aromatic nitrogens is 1. The van der Waals surface area contributed by atoms with Gasteiger partial charge in [0.25, 0.3) is 0 Å². The van der Waals surface area contributed by atoms with Gasteiger partial charge in [-0.3, -0.25) is 0 Å². The van der Waals surface area contributed by atoms with E-state index in [0.717, 1.165) is 19.5 Å². The standard InChI is InChI=1S/C11H20N2O2S/c1-3-6-13-7-4-11(10-13)9-12-5-8-16(2,14)15/h4,7,10,12H,3,5-6,8-9H2,1-2H3. The van der Waals surface area contributed by atoms with E-state index in [0.29, 0.717) is 6.54 Å². The number of aryl methyl sites for hydroxylation is 1. The monoisotopic (exact) mass is 244 g/mol. The molecule has 4 nitrogen and oxygen atoms in total. The quantitative estimate of drug-likeness (QED) is 0.729. The van der Waals surface area contributed by atoms with Crippen molar-refractivity contribution in [3.8, 4) is 0 Å². The summed E-state index contributed by atoms with van der Waals surface area (Å²) in [5, 5.41) is 3.12. The average molecular weight is 244 g/mol. The molecule has 0 spiro atoms. The molecule has 16 heavy (non-hydrogen) atoms. The summed E-state index contributed by atoms with van der Waals surface area (Å²) in [5.74, 6) is 0.197. The van der Waals surface area contributed by atoms with E-state index in [4.69, 9.17) is 0 Å². The van der Waals surface area contributed by atoms with Crippen molar-refractivity contribution in [2.45, 2.75) is 26.4 Å². The average Bonchev–Trinajstić information content (AvgIpc) is 2.60. The van der Waals surface area contributed by atoms with Gasteiger partial charge < -0.3 is 9.88 Å². The van der Waals surface area contributed by atoms with Crippen LogP contribution in [0.4, 0.5) is 0 Å². The van der Waals surface area contributed by atoms with Crippen LogP contribution in [0.2, 0.25) is 0 Å². The van der Waals surface area contributed by atoms with Crippen LogP contribution in [0.3, 0.4) is 0 Å². The molecule has 0 saturated carbocycles. The lowest BCUT2D eigenvalue weighted by Gasteiger charge is -2.02. The Morgan fingerprint density at radius 3 is 2.81 bits per heavy atom. The fourth-order valence-electron chi connectivity index (χ4n) is 1.48. The lowest BCUT2D eigenvalue weighted by atomic mass is 10.3. The van der Waals surface area contributed by atoms with Crippen molar-refractivity contribution in [2.24, 2.45) is 0 Å². The van der Waals surface area contributed by atoms with E-state index in [1.54, 1.807) is 0 Å². The second-order valence-electron chi connectivity index (χ2n) is 4.06. The van der Waals surface area contributed by atoms with Crippen LogP contribution in [0, 0.1) is 0 Å². The molecule has 1 heterocycles. The first-order chi connectivity index (χ1) is 7.51. The predicted octanol–water partition coefficient (Wildman–Crippen LogP) is 1.03. The molecule has 0 aliphatic carbocycles. The van der Waals surface area contributed by atoms with Gasteiger partial charge in [-0.25, -0.2) is 8.42 Å². The number of hydrogen-bond acceptors (Lipinski definition) is 3. The van der Waals surface area contributed by atoms with Crippen LogP contribution in [-0.2, 0) is 22.9 Å². The van der Waals surface area contributed by atoms with Gasteiger partial charge in [0, 0.05) is 38.3 Å². The summed E-state index contributed by atoms with van der Waals surface area (Å²) >= 11 is 0. The number of nitrogens with one attached hydrogen (secondary N) is 1. The Morgan fingerprint density at radius 1 is 1.44 bits per heavy atom. The van der Waals surface area contributed by atoms with Crippen LogP contribution in [0.5, 0.6) is 0 Å². The molecule has 1 N–H and O–H groups in total. The molecule has 0 aliphatic rings. The van der Waals surface area contributed by atoms with Crippen molar-refractivity contribution >= 4 is 9.84 Å². The highest BCUT2D eigenvalue weighted by Gasteiger charge is 2.01. The normalized spacial score (nSPS) is 11.9. The number of rotatable bonds is 7. The van der Waals surface area contributed by atoms with E-state index < -0.39 is 9.84 Å². The largest absolute Gasteiger partial charge is 0.354 e. The van der Waals surface area contributed by atoms with Gasteiger partial charge in [-0.2, -0.15) is 0 Å². The number of sulfone groups is 1. The maximum atomic E-state index is 10.9. The topological polar surface area (TPSA) is 51.1 Å². The molecule has 1 rings (SSSR count). The minimum atomic E-state index is -2.85. The number of nitrogens with zero attached hydrogens (tertiary/aromatic N) is 1. The first-order valence-corrected chi connectivity index (χ1v) is 7.60. The third kappa shape index (κ3) is 5.32. The summed E-state index contributed by atoms with van der Waals surface area (Å²) in [5.41, 5.74) is 1.20. The Morgan fingerprint density at radius 2 is 2.19 bits per heavy atom. The van der Waals surface area contributed by atoms with E-state index >= 15 is 0 Å². The molecule has 92 valence electrons. The number of hydrogen-bond donors (Lipinski definition) is 1. The van der Waals surface area contributed by atoms with Gasteiger partial charge in [0.15, 0.2) is 0 Å². The zero-order valence-electron chi connectivity index (χ0n) is 9.94. The maximum Gasteiger partial charge on any atom is 0.148 e. The highest BCUT2D eigenvalue weighted by Crippen LogP contribution is 2.01. The van der Waals surface area contributed by atoms with Crippen molar-refractivity contribution in [3.63, 3.8) is 0 Å². The summed E-state index contributed by atoms with van der Waals surface area (Å²) in [6, 6.07) is 2.06. The van der Waals surface area contributed by atoms with E-state index in [9.17, 15) is 8.42 Å². The summed E-state index contributed by atoms with van der Waals surface area (Å²) < 4.78 is 23.9. The first kappa shape index (κ1) is 13.3. The van der Waals surface area contributed by atoms with E-state index in [1.807, 2.05) is 0 Å². The lowest BCUT2D eigenvalue weighted by molar-refractivity contribution is 0.596. The summed E-state index contributed by atoms with van der Waals surface area (Å²) in [4.78, 5) is 0. The molecule has 0 amide bonds. The van der Waals surface area contributed by atoms with Crippen molar-refractivity contribution in [1.82, 2.24) is 9.88 Å². The second kappa shape index (κ2) is 6.06. The summed E-state index contributed by atoms with van der Waals surface area (Å²) in [7, 11) is -2.85. The van der Waals surface area contributed by atoms with Crippen LogP contribution in [-0.4, -0.2) is 31.5 Å². The van der Waals surface area contributed by atoms with E-state index in [2.05, 4.69) is 35.3 Å². The zero-order valence-corrected chi connectivity index (χ0v) is 10.8. The van der Waals surface area contributed by atoms with Crippen molar-refractivity contribution in [2.75, 3.05) is 18.6 Å². The first-order valence-electron chi connectivity index (χ1n) is 5.54. The molecule has 1 aromatic heterocycles. The molecule has 0 aliphatic heterocycles. The van der Waals surface area contributed by atoms with E-state index in [1.165, 1.54) is 11.8 Å². The van der Waals surface area contributed by atoms with Crippen molar-refractivity contribution < 1.29 is 8.42 Å². The van der Waals surface area contributed by atoms with Gasteiger partial charge >= 0.3 is 0 Å². The van der Waals surface area contributed by atoms with Gasteiger partial charge in [0.1, 0.15) is 9.84 Å². The van der Waals surface area contributed by atoms with Crippen LogP contribution < -0.4 is 5.32 Å². The SMILES string of the molecule is CCCn1ccc(CNCCS(C)(=O)=O)c1. The third-order valence-corrected chi connectivity index (χ3v) is 3.22.